The summed E-state index contributed by atoms with van der Waals surface area (Å²) in [6.07, 6.45) is 5.73. The zero-order valence-electron chi connectivity index (χ0n) is 16.4. The number of nitrogens with one attached hydrogen (secondary N) is 2. The van der Waals surface area contributed by atoms with Crippen LogP contribution in [0.4, 0.5) is 0 Å². The summed E-state index contributed by atoms with van der Waals surface area (Å²) >= 11 is 0. The quantitative estimate of drug-likeness (QED) is 0.381. The molecule has 0 bridgehead atoms. The van der Waals surface area contributed by atoms with E-state index in [-0.39, 0.29) is 0 Å². The lowest BCUT2D eigenvalue weighted by atomic mass is 10.1. The lowest BCUT2D eigenvalue weighted by Crippen LogP contribution is -2.38. The Morgan fingerprint density at radius 2 is 1.81 bits per heavy atom. The van der Waals surface area contributed by atoms with E-state index in [1.165, 1.54) is 17.5 Å². The van der Waals surface area contributed by atoms with Crippen molar-refractivity contribution in [1.82, 2.24) is 10.6 Å². The molecule has 5 nitrogen and oxygen atoms in total. The maximum atomic E-state index is 5.92. The summed E-state index contributed by atoms with van der Waals surface area (Å²) in [4.78, 5) is 4.72. The normalized spacial score (nSPS) is 15.8. The highest BCUT2D eigenvalue weighted by Gasteiger charge is 2.13. The molecule has 2 N–H and O–H groups in total. The van der Waals surface area contributed by atoms with Crippen molar-refractivity contribution in [2.75, 3.05) is 32.9 Å². The van der Waals surface area contributed by atoms with Crippen molar-refractivity contribution in [2.45, 2.75) is 58.6 Å². The number of ether oxygens (including phenoxy) is 2. The predicted octanol–water partition coefficient (Wildman–Crippen LogP) is 3.42. The largest absolute Gasteiger partial charge is 0.381 e. The van der Waals surface area contributed by atoms with E-state index in [4.69, 9.17) is 14.5 Å². The van der Waals surface area contributed by atoms with Crippen LogP contribution < -0.4 is 10.6 Å². The third-order valence-electron chi connectivity index (χ3n) is 4.50. The third-order valence-corrected chi connectivity index (χ3v) is 4.50. The topological polar surface area (TPSA) is 54.9 Å². The van der Waals surface area contributed by atoms with Gasteiger partial charge in [-0.15, -0.1) is 0 Å². The Morgan fingerprint density at radius 3 is 2.50 bits per heavy atom. The molecule has 0 aromatic heterocycles. The summed E-state index contributed by atoms with van der Waals surface area (Å²) < 4.78 is 11.3. The van der Waals surface area contributed by atoms with Crippen LogP contribution in [0.2, 0.25) is 0 Å². The van der Waals surface area contributed by atoms with Crippen LogP contribution in [0.25, 0.3) is 0 Å². The lowest BCUT2D eigenvalue weighted by molar-refractivity contribution is -0.0320. The van der Waals surface area contributed by atoms with E-state index in [9.17, 15) is 0 Å². The molecule has 1 heterocycles. The van der Waals surface area contributed by atoms with Crippen molar-refractivity contribution in [3.05, 3.63) is 35.4 Å². The van der Waals surface area contributed by atoms with Gasteiger partial charge in [0.25, 0.3) is 0 Å². The molecule has 0 atom stereocenters. The van der Waals surface area contributed by atoms with Crippen molar-refractivity contribution in [3.8, 4) is 0 Å². The second-order valence-corrected chi connectivity index (χ2v) is 6.89. The van der Waals surface area contributed by atoms with E-state index in [1.54, 1.807) is 0 Å². The standard InChI is InChI=1S/C21H35N3O2/c1-3-4-12-22-21(24-17-19-8-6-18(2)7-9-19)23-13-5-14-26-20-10-15-25-16-11-20/h6-9,20H,3-5,10-17H2,1-2H3,(H2,22,23,24). The number of guanidine groups is 1. The molecule has 1 fully saturated rings. The first-order valence-corrected chi connectivity index (χ1v) is 10.0. The SMILES string of the molecule is CCCCNC(=NCc1ccc(C)cc1)NCCCOC1CCOCC1. The van der Waals surface area contributed by atoms with Crippen LogP contribution in [0, 0.1) is 6.92 Å². The molecular formula is C21H35N3O2. The fraction of sp³-hybridized carbons (Fsp3) is 0.667. The molecule has 26 heavy (non-hydrogen) atoms. The maximum absolute atomic E-state index is 5.92. The van der Waals surface area contributed by atoms with Gasteiger partial charge >= 0.3 is 0 Å². The van der Waals surface area contributed by atoms with Gasteiger partial charge in [-0.2, -0.15) is 0 Å². The predicted molar refractivity (Wildman–Crippen MR) is 108 cm³/mol. The van der Waals surface area contributed by atoms with Gasteiger partial charge in [-0.1, -0.05) is 43.2 Å². The summed E-state index contributed by atoms with van der Waals surface area (Å²) in [6, 6.07) is 8.56. The average Bonchev–Trinajstić information content (AvgIpc) is 2.67. The molecule has 5 heteroatoms. The van der Waals surface area contributed by atoms with Gasteiger partial charge in [0.15, 0.2) is 5.96 Å². The number of nitrogens with zero attached hydrogens (tertiary/aromatic N) is 1. The van der Waals surface area contributed by atoms with E-state index in [0.717, 1.165) is 64.6 Å². The highest BCUT2D eigenvalue weighted by Crippen LogP contribution is 2.10. The molecular weight excluding hydrogens is 326 g/mol. The van der Waals surface area contributed by atoms with Crippen LogP contribution in [0.3, 0.4) is 0 Å². The molecule has 1 aliphatic rings. The van der Waals surface area contributed by atoms with E-state index < -0.39 is 0 Å². The zero-order chi connectivity index (χ0) is 18.5. The monoisotopic (exact) mass is 361 g/mol. The van der Waals surface area contributed by atoms with Crippen molar-refractivity contribution >= 4 is 5.96 Å². The van der Waals surface area contributed by atoms with Crippen LogP contribution in [0.1, 0.15) is 50.2 Å². The van der Waals surface area contributed by atoms with Gasteiger partial charge in [0.1, 0.15) is 0 Å². The van der Waals surface area contributed by atoms with Gasteiger partial charge in [0.2, 0.25) is 0 Å². The van der Waals surface area contributed by atoms with Gasteiger partial charge in [-0.05, 0) is 38.2 Å². The molecule has 0 saturated carbocycles. The Kier molecular flexibility index (Phi) is 10.1. The second kappa shape index (κ2) is 12.7. The molecule has 0 unspecified atom stereocenters. The summed E-state index contributed by atoms with van der Waals surface area (Å²) in [5, 5.41) is 6.86. The molecule has 0 aliphatic carbocycles. The number of hydrogen-bond donors (Lipinski definition) is 2. The van der Waals surface area contributed by atoms with Gasteiger partial charge in [0.05, 0.1) is 12.6 Å². The Morgan fingerprint density at radius 1 is 1.12 bits per heavy atom. The maximum Gasteiger partial charge on any atom is 0.191 e. The fourth-order valence-electron chi connectivity index (χ4n) is 2.79. The van der Waals surface area contributed by atoms with Gasteiger partial charge in [-0.3, -0.25) is 0 Å². The number of aryl methyl sites for hydroxylation is 1. The number of unbranched alkanes of at least 4 members (excludes halogenated alkanes) is 1. The van der Waals surface area contributed by atoms with Crippen molar-refractivity contribution in [2.24, 2.45) is 4.99 Å². The van der Waals surface area contributed by atoms with E-state index >= 15 is 0 Å². The van der Waals surface area contributed by atoms with E-state index in [2.05, 4.69) is 48.7 Å². The van der Waals surface area contributed by atoms with E-state index in [1.807, 2.05) is 0 Å². The van der Waals surface area contributed by atoms with Crippen LogP contribution >= 0.6 is 0 Å². The summed E-state index contributed by atoms with van der Waals surface area (Å²) in [7, 11) is 0. The molecule has 1 aliphatic heterocycles. The van der Waals surface area contributed by atoms with Crippen molar-refractivity contribution in [3.63, 3.8) is 0 Å². The molecule has 0 amide bonds. The van der Waals surface area contributed by atoms with E-state index in [0.29, 0.717) is 12.6 Å². The molecule has 0 spiro atoms. The Balaban J connectivity index is 1.70. The van der Waals surface area contributed by atoms with Crippen LogP contribution in [0.5, 0.6) is 0 Å². The molecule has 2 rings (SSSR count). The number of benzene rings is 1. The number of aliphatic imine (C=N–C) groups is 1. The molecule has 146 valence electrons. The average molecular weight is 362 g/mol. The van der Waals surface area contributed by atoms with Gasteiger partial charge in [0, 0.05) is 32.9 Å². The van der Waals surface area contributed by atoms with Crippen LogP contribution in [-0.2, 0) is 16.0 Å². The first-order valence-electron chi connectivity index (χ1n) is 10.0. The highest BCUT2D eigenvalue weighted by molar-refractivity contribution is 5.79. The summed E-state index contributed by atoms with van der Waals surface area (Å²) in [5.41, 5.74) is 2.51. The summed E-state index contributed by atoms with van der Waals surface area (Å²) in [6.45, 7) is 9.28. The Bertz CT molecular complexity index is 510. The van der Waals surface area contributed by atoms with Crippen LogP contribution in [-0.4, -0.2) is 45.0 Å². The molecule has 1 aromatic rings. The highest BCUT2D eigenvalue weighted by atomic mass is 16.5. The smallest absolute Gasteiger partial charge is 0.191 e. The number of hydrogen-bond acceptors (Lipinski definition) is 3. The molecule has 1 saturated heterocycles. The van der Waals surface area contributed by atoms with Gasteiger partial charge in [-0.25, -0.2) is 4.99 Å². The minimum Gasteiger partial charge on any atom is -0.381 e. The fourth-order valence-corrected chi connectivity index (χ4v) is 2.79. The summed E-state index contributed by atoms with van der Waals surface area (Å²) in [5.74, 6) is 0.894. The first kappa shape index (κ1) is 20.7. The number of rotatable bonds is 10. The minimum atomic E-state index is 0.376. The molecule has 1 aromatic carbocycles. The second-order valence-electron chi connectivity index (χ2n) is 6.89. The zero-order valence-corrected chi connectivity index (χ0v) is 16.4. The van der Waals surface area contributed by atoms with Crippen LogP contribution in [0.15, 0.2) is 29.3 Å². The Labute approximate surface area is 158 Å². The van der Waals surface area contributed by atoms with Crippen molar-refractivity contribution in [1.29, 1.82) is 0 Å². The lowest BCUT2D eigenvalue weighted by Gasteiger charge is -2.22. The van der Waals surface area contributed by atoms with Gasteiger partial charge < -0.3 is 20.1 Å². The first-order chi connectivity index (χ1) is 12.8. The van der Waals surface area contributed by atoms with Crippen molar-refractivity contribution < 1.29 is 9.47 Å². The minimum absolute atomic E-state index is 0.376. The Hall–Kier alpha value is -1.59. The third kappa shape index (κ3) is 8.68. The molecule has 0 radical (unpaired) electrons.